The first kappa shape index (κ1) is 16.2. The Labute approximate surface area is 150 Å². The first-order valence-corrected chi connectivity index (χ1v) is 8.32. The van der Waals surface area contributed by atoms with Crippen LogP contribution >= 0.6 is 0 Å². The Bertz CT molecular complexity index is 1050. The molecule has 1 aromatic heterocycles. The minimum atomic E-state index is -0.293. The average molecular weight is 345 g/mol. The van der Waals surface area contributed by atoms with Gasteiger partial charge in [-0.2, -0.15) is 0 Å². The fraction of sp³-hybridized carbons (Fsp3) is 0.0909. The number of rotatable bonds is 2. The van der Waals surface area contributed by atoms with Crippen LogP contribution in [0.5, 0.6) is 0 Å². The van der Waals surface area contributed by atoms with Crippen molar-refractivity contribution < 1.29 is 14.0 Å². The van der Waals surface area contributed by atoms with Crippen LogP contribution in [-0.4, -0.2) is 16.1 Å². The second kappa shape index (κ2) is 5.92. The molecule has 1 aliphatic carbocycles. The molecular formula is C22H16FNO2. The van der Waals surface area contributed by atoms with Crippen LogP contribution in [0.4, 0.5) is 4.39 Å². The van der Waals surface area contributed by atoms with Gasteiger partial charge in [0.15, 0.2) is 11.6 Å². The maximum absolute atomic E-state index is 13.2. The summed E-state index contributed by atoms with van der Waals surface area (Å²) in [4.78, 5) is 25.2. The lowest BCUT2D eigenvalue weighted by molar-refractivity contribution is 0.0990. The molecule has 2 aromatic carbocycles. The van der Waals surface area contributed by atoms with Crippen LogP contribution in [0.1, 0.15) is 37.7 Å². The van der Waals surface area contributed by atoms with E-state index >= 15 is 0 Å². The number of hydrogen-bond acceptors (Lipinski definition) is 2. The summed E-state index contributed by atoms with van der Waals surface area (Å²) in [7, 11) is 0. The van der Waals surface area contributed by atoms with Crippen LogP contribution in [0.2, 0.25) is 0 Å². The van der Waals surface area contributed by atoms with Gasteiger partial charge in [-0.1, -0.05) is 24.3 Å². The molecule has 3 nitrogen and oxygen atoms in total. The fourth-order valence-corrected chi connectivity index (χ4v) is 3.48. The van der Waals surface area contributed by atoms with Gasteiger partial charge in [0.1, 0.15) is 5.82 Å². The summed E-state index contributed by atoms with van der Waals surface area (Å²) in [6.45, 7) is 3.85. The van der Waals surface area contributed by atoms with Crippen LogP contribution in [0.15, 0.2) is 60.2 Å². The van der Waals surface area contributed by atoms with E-state index in [1.165, 1.54) is 12.1 Å². The van der Waals surface area contributed by atoms with E-state index in [1.54, 1.807) is 42.5 Å². The molecule has 4 heteroatoms. The summed E-state index contributed by atoms with van der Waals surface area (Å²) < 4.78 is 15.2. The number of Topliss-reactive ketones (excluding diaryl/α,β-unsaturated/α-hetero) is 2. The molecule has 4 rings (SSSR count). The number of aromatic nitrogens is 1. The van der Waals surface area contributed by atoms with Gasteiger partial charge in [-0.3, -0.25) is 9.59 Å². The van der Waals surface area contributed by atoms with E-state index in [0.29, 0.717) is 11.1 Å². The van der Waals surface area contributed by atoms with Crippen LogP contribution in [0.3, 0.4) is 0 Å². The number of benzene rings is 2. The normalized spacial score (nSPS) is 13.3. The SMILES string of the molecule is Cc1cc(C=C2C(=O)c3ccccc3C2=O)c(C)n1-c1ccc(F)cc1. The van der Waals surface area contributed by atoms with Crippen molar-refractivity contribution in [1.82, 2.24) is 4.57 Å². The fourth-order valence-electron chi connectivity index (χ4n) is 3.48. The predicted octanol–water partition coefficient (Wildman–Crippen LogP) is 4.70. The van der Waals surface area contributed by atoms with E-state index in [-0.39, 0.29) is 23.0 Å². The minimum Gasteiger partial charge on any atom is -0.318 e. The molecular weight excluding hydrogens is 329 g/mol. The Morgan fingerprint density at radius 1 is 0.885 bits per heavy atom. The Kier molecular flexibility index (Phi) is 3.69. The highest BCUT2D eigenvalue weighted by molar-refractivity contribution is 6.41. The smallest absolute Gasteiger partial charge is 0.197 e. The Morgan fingerprint density at radius 3 is 2.04 bits per heavy atom. The maximum Gasteiger partial charge on any atom is 0.197 e. The van der Waals surface area contributed by atoms with Crippen molar-refractivity contribution in [2.45, 2.75) is 13.8 Å². The van der Waals surface area contributed by atoms with Crippen LogP contribution in [0.25, 0.3) is 11.8 Å². The van der Waals surface area contributed by atoms with Crippen molar-refractivity contribution in [2.24, 2.45) is 0 Å². The van der Waals surface area contributed by atoms with Gasteiger partial charge in [0.05, 0.1) is 5.57 Å². The van der Waals surface area contributed by atoms with Crippen LogP contribution in [-0.2, 0) is 0 Å². The maximum atomic E-state index is 13.2. The first-order chi connectivity index (χ1) is 12.5. The van der Waals surface area contributed by atoms with E-state index in [4.69, 9.17) is 0 Å². The highest BCUT2D eigenvalue weighted by atomic mass is 19.1. The molecule has 26 heavy (non-hydrogen) atoms. The molecule has 128 valence electrons. The number of fused-ring (bicyclic) bond motifs is 1. The monoisotopic (exact) mass is 345 g/mol. The topological polar surface area (TPSA) is 39.1 Å². The van der Waals surface area contributed by atoms with Crippen molar-refractivity contribution >= 4 is 17.6 Å². The predicted molar refractivity (Wildman–Crippen MR) is 98.3 cm³/mol. The minimum absolute atomic E-state index is 0.186. The number of aryl methyl sites for hydroxylation is 1. The molecule has 0 aliphatic heterocycles. The van der Waals surface area contributed by atoms with E-state index in [1.807, 2.05) is 24.5 Å². The Morgan fingerprint density at radius 2 is 1.46 bits per heavy atom. The molecule has 0 amide bonds. The quantitative estimate of drug-likeness (QED) is 0.499. The van der Waals surface area contributed by atoms with E-state index in [2.05, 4.69) is 0 Å². The average Bonchev–Trinajstić information content (AvgIpc) is 3.05. The number of nitrogens with zero attached hydrogens (tertiary/aromatic N) is 1. The number of carbonyl (C=O) groups excluding carboxylic acids is 2. The zero-order valence-electron chi connectivity index (χ0n) is 14.4. The van der Waals surface area contributed by atoms with Crippen LogP contribution in [0, 0.1) is 19.7 Å². The number of carbonyl (C=O) groups is 2. The van der Waals surface area contributed by atoms with Gasteiger partial charge in [-0.25, -0.2) is 4.39 Å². The molecule has 0 bridgehead atoms. The third kappa shape index (κ3) is 2.42. The van der Waals surface area contributed by atoms with Gasteiger partial charge in [-0.15, -0.1) is 0 Å². The zero-order valence-corrected chi connectivity index (χ0v) is 14.4. The lowest BCUT2D eigenvalue weighted by Gasteiger charge is -2.09. The lowest BCUT2D eigenvalue weighted by atomic mass is 10.1. The standard InChI is InChI=1S/C22H16FNO2/c1-13-11-15(14(2)24(13)17-9-7-16(23)8-10-17)12-20-21(25)18-5-3-4-6-19(18)22(20)26/h3-12H,1-2H3. The number of allylic oxidation sites excluding steroid dienone is 1. The van der Waals surface area contributed by atoms with Gasteiger partial charge in [0, 0.05) is 28.2 Å². The van der Waals surface area contributed by atoms with Gasteiger partial charge in [0.25, 0.3) is 0 Å². The van der Waals surface area contributed by atoms with E-state index in [0.717, 1.165) is 22.6 Å². The third-order valence-corrected chi connectivity index (χ3v) is 4.76. The summed E-state index contributed by atoms with van der Waals surface area (Å²) in [6, 6.07) is 15.0. The van der Waals surface area contributed by atoms with Crippen molar-refractivity contribution in [3.05, 3.63) is 94.1 Å². The zero-order chi connectivity index (χ0) is 18.4. The lowest BCUT2D eigenvalue weighted by Crippen LogP contribution is -2.01. The number of halogens is 1. The van der Waals surface area contributed by atoms with Gasteiger partial charge in [0.2, 0.25) is 0 Å². The summed E-state index contributed by atoms with van der Waals surface area (Å²) in [5.74, 6) is -0.771. The van der Waals surface area contributed by atoms with Crippen molar-refractivity contribution in [3.63, 3.8) is 0 Å². The highest BCUT2D eigenvalue weighted by Crippen LogP contribution is 2.30. The second-order valence-electron chi connectivity index (χ2n) is 6.40. The van der Waals surface area contributed by atoms with Crippen molar-refractivity contribution in [3.8, 4) is 5.69 Å². The second-order valence-corrected chi connectivity index (χ2v) is 6.40. The summed E-state index contributed by atoms with van der Waals surface area (Å²) in [6.07, 6.45) is 1.66. The summed E-state index contributed by atoms with van der Waals surface area (Å²) in [5.41, 5.74) is 4.56. The molecule has 0 saturated carbocycles. The number of ketones is 2. The molecule has 3 aromatic rings. The first-order valence-electron chi connectivity index (χ1n) is 8.32. The molecule has 0 N–H and O–H groups in total. The summed E-state index contributed by atoms with van der Waals surface area (Å²) >= 11 is 0. The van der Waals surface area contributed by atoms with Gasteiger partial charge >= 0.3 is 0 Å². The van der Waals surface area contributed by atoms with Crippen molar-refractivity contribution in [1.29, 1.82) is 0 Å². The molecule has 1 aliphatic rings. The Hall–Kier alpha value is -3.27. The molecule has 1 heterocycles. The molecule has 0 atom stereocenters. The van der Waals surface area contributed by atoms with Crippen LogP contribution < -0.4 is 0 Å². The van der Waals surface area contributed by atoms with Crippen molar-refractivity contribution in [2.75, 3.05) is 0 Å². The summed E-state index contributed by atoms with van der Waals surface area (Å²) in [5, 5.41) is 0. The molecule has 0 unspecified atom stereocenters. The molecule has 0 radical (unpaired) electrons. The third-order valence-electron chi connectivity index (χ3n) is 4.76. The van der Waals surface area contributed by atoms with E-state index in [9.17, 15) is 14.0 Å². The molecule has 0 saturated heterocycles. The van der Waals surface area contributed by atoms with E-state index < -0.39 is 0 Å². The van der Waals surface area contributed by atoms with Gasteiger partial charge in [-0.05, 0) is 55.8 Å². The highest BCUT2D eigenvalue weighted by Gasteiger charge is 2.32. The number of hydrogen-bond donors (Lipinski definition) is 0. The largest absolute Gasteiger partial charge is 0.318 e. The van der Waals surface area contributed by atoms with Gasteiger partial charge < -0.3 is 4.57 Å². The Balaban J connectivity index is 1.80. The molecule has 0 spiro atoms. The molecule has 0 fully saturated rings.